The second-order valence-corrected chi connectivity index (χ2v) is 3.92. The fourth-order valence-electron chi connectivity index (χ4n) is 1.64. The SMILES string of the molecule is Cc1cnc2c(C(=O)NCC(=O)O)c(O)ccc2n1. The summed E-state index contributed by atoms with van der Waals surface area (Å²) in [6.07, 6.45) is 1.47. The van der Waals surface area contributed by atoms with Gasteiger partial charge in [-0.05, 0) is 19.1 Å². The van der Waals surface area contributed by atoms with Crippen molar-refractivity contribution in [2.24, 2.45) is 0 Å². The molecule has 2 rings (SSSR count). The van der Waals surface area contributed by atoms with Crippen molar-refractivity contribution in [1.29, 1.82) is 0 Å². The molecular formula is C12H11N3O4. The first-order valence-electron chi connectivity index (χ1n) is 5.44. The van der Waals surface area contributed by atoms with Crippen LogP contribution in [0.5, 0.6) is 5.75 Å². The standard InChI is InChI=1S/C12H11N3O4/c1-6-4-13-11-7(15-6)2-3-8(16)10(11)12(19)14-5-9(17)18/h2-4,16H,5H2,1H3,(H,14,19)(H,17,18). The molecule has 0 fully saturated rings. The highest BCUT2D eigenvalue weighted by molar-refractivity contribution is 6.07. The topological polar surface area (TPSA) is 112 Å². The average Bonchev–Trinajstić information content (AvgIpc) is 2.36. The second kappa shape index (κ2) is 4.89. The Morgan fingerprint density at radius 3 is 2.79 bits per heavy atom. The maximum absolute atomic E-state index is 11.9. The number of aryl methyl sites for hydroxylation is 1. The number of carbonyl (C=O) groups excluding carboxylic acids is 1. The molecule has 7 heteroatoms. The number of nitrogens with zero attached hydrogens (tertiary/aromatic N) is 2. The Hall–Kier alpha value is -2.70. The van der Waals surface area contributed by atoms with Crippen LogP contribution in [0.4, 0.5) is 0 Å². The van der Waals surface area contributed by atoms with E-state index in [9.17, 15) is 14.7 Å². The van der Waals surface area contributed by atoms with Gasteiger partial charge in [0.05, 0.1) is 11.2 Å². The number of rotatable bonds is 3. The Morgan fingerprint density at radius 1 is 1.37 bits per heavy atom. The summed E-state index contributed by atoms with van der Waals surface area (Å²) in [5.41, 5.74) is 1.29. The quantitative estimate of drug-likeness (QED) is 0.739. The van der Waals surface area contributed by atoms with E-state index >= 15 is 0 Å². The van der Waals surface area contributed by atoms with Crippen molar-refractivity contribution >= 4 is 22.9 Å². The first-order chi connectivity index (χ1) is 8.99. The Morgan fingerprint density at radius 2 is 2.11 bits per heavy atom. The third-order valence-corrected chi connectivity index (χ3v) is 2.44. The van der Waals surface area contributed by atoms with Crippen LogP contribution in [0.25, 0.3) is 11.0 Å². The van der Waals surface area contributed by atoms with Gasteiger partial charge in [0, 0.05) is 6.20 Å². The molecule has 0 bridgehead atoms. The zero-order valence-electron chi connectivity index (χ0n) is 10.0. The van der Waals surface area contributed by atoms with Gasteiger partial charge in [-0.15, -0.1) is 0 Å². The van der Waals surface area contributed by atoms with E-state index in [1.54, 1.807) is 13.0 Å². The van der Waals surface area contributed by atoms with Gasteiger partial charge in [-0.25, -0.2) is 4.98 Å². The molecule has 1 aromatic carbocycles. The Balaban J connectivity index is 2.49. The number of aromatic nitrogens is 2. The minimum atomic E-state index is -1.17. The van der Waals surface area contributed by atoms with Gasteiger partial charge in [0.15, 0.2) is 0 Å². The van der Waals surface area contributed by atoms with Crippen LogP contribution in [0.3, 0.4) is 0 Å². The molecule has 3 N–H and O–H groups in total. The Bertz CT molecular complexity index is 669. The molecule has 19 heavy (non-hydrogen) atoms. The molecule has 1 amide bonds. The minimum Gasteiger partial charge on any atom is -0.507 e. The van der Waals surface area contributed by atoms with E-state index in [0.717, 1.165) is 0 Å². The van der Waals surface area contributed by atoms with E-state index < -0.39 is 18.4 Å². The van der Waals surface area contributed by atoms with Crippen molar-refractivity contribution in [2.45, 2.75) is 6.92 Å². The van der Waals surface area contributed by atoms with Gasteiger partial charge in [0.25, 0.3) is 5.91 Å². The van der Waals surface area contributed by atoms with Crippen molar-refractivity contribution in [3.63, 3.8) is 0 Å². The molecule has 1 heterocycles. The predicted molar refractivity (Wildman–Crippen MR) is 65.9 cm³/mol. The van der Waals surface area contributed by atoms with Gasteiger partial charge in [-0.3, -0.25) is 14.6 Å². The fraction of sp³-hybridized carbons (Fsp3) is 0.167. The fourth-order valence-corrected chi connectivity index (χ4v) is 1.64. The van der Waals surface area contributed by atoms with Crippen LogP contribution in [-0.2, 0) is 4.79 Å². The lowest BCUT2D eigenvalue weighted by Crippen LogP contribution is -2.29. The highest BCUT2D eigenvalue weighted by atomic mass is 16.4. The van der Waals surface area contributed by atoms with Crippen molar-refractivity contribution < 1.29 is 19.8 Å². The van der Waals surface area contributed by atoms with E-state index in [2.05, 4.69) is 15.3 Å². The van der Waals surface area contributed by atoms with Gasteiger partial charge in [0.1, 0.15) is 23.4 Å². The first kappa shape index (κ1) is 12.7. The highest BCUT2D eigenvalue weighted by Gasteiger charge is 2.17. The molecular weight excluding hydrogens is 250 g/mol. The number of carboxylic acid groups (broad SMARTS) is 1. The van der Waals surface area contributed by atoms with Crippen LogP contribution in [0.2, 0.25) is 0 Å². The highest BCUT2D eigenvalue weighted by Crippen LogP contribution is 2.24. The molecule has 0 unspecified atom stereocenters. The summed E-state index contributed by atoms with van der Waals surface area (Å²) in [5.74, 6) is -2.15. The summed E-state index contributed by atoms with van der Waals surface area (Å²) in [6, 6.07) is 2.87. The molecule has 0 atom stereocenters. The van der Waals surface area contributed by atoms with Gasteiger partial charge in [-0.1, -0.05) is 0 Å². The Kier molecular flexibility index (Phi) is 3.28. The molecule has 0 spiro atoms. The molecule has 2 aromatic rings. The summed E-state index contributed by atoms with van der Waals surface area (Å²) in [6.45, 7) is 1.22. The van der Waals surface area contributed by atoms with E-state index in [4.69, 9.17) is 5.11 Å². The van der Waals surface area contributed by atoms with E-state index in [0.29, 0.717) is 11.2 Å². The lowest BCUT2D eigenvalue weighted by molar-refractivity contribution is -0.135. The van der Waals surface area contributed by atoms with Crippen LogP contribution in [0.1, 0.15) is 16.1 Å². The van der Waals surface area contributed by atoms with Gasteiger partial charge < -0.3 is 15.5 Å². The minimum absolute atomic E-state index is 0.0775. The van der Waals surface area contributed by atoms with Crippen LogP contribution >= 0.6 is 0 Å². The number of benzene rings is 1. The molecule has 0 saturated carbocycles. The van der Waals surface area contributed by atoms with Crippen molar-refractivity contribution in [2.75, 3.05) is 6.54 Å². The third kappa shape index (κ3) is 2.59. The van der Waals surface area contributed by atoms with Crippen LogP contribution in [0, 0.1) is 6.92 Å². The van der Waals surface area contributed by atoms with Gasteiger partial charge in [0.2, 0.25) is 0 Å². The number of amides is 1. The van der Waals surface area contributed by atoms with Crippen molar-refractivity contribution in [3.8, 4) is 5.75 Å². The Labute approximate surface area is 107 Å². The number of nitrogens with one attached hydrogen (secondary N) is 1. The monoisotopic (exact) mass is 261 g/mol. The second-order valence-electron chi connectivity index (χ2n) is 3.92. The van der Waals surface area contributed by atoms with Gasteiger partial charge >= 0.3 is 5.97 Å². The third-order valence-electron chi connectivity index (χ3n) is 2.44. The largest absolute Gasteiger partial charge is 0.507 e. The molecule has 7 nitrogen and oxygen atoms in total. The summed E-state index contributed by atoms with van der Waals surface area (Å²) >= 11 is 0. The normalized spacial score (nSPS) is 10.4. The number of phenols is 1. The number of fused-ring (bicyclic) bond motifs is 1. The molecule has 98 valence electrons. The van der Waals surface area contributed by atoms with Gasteiger partial charge in [-0.2, -0.15) is 0 Å². The molecule has 1 aromatic heterocycles. The molecule has 0 radical (unpaired) electrons. The maximum Gasteiger partial charge on any atom is 0.322 e. The zero-order valence-corrected chi connectivity index (χ0v) is 10.0. The number of hydrogen-bond acceptors (Lipinski definition) is 5. The lowest BCUT2D eigenvalue weighted by Gasteiger charge is -2.08. The summed E-state index contributed by atoms with van der Waals surface area (Å²) < 4.78 is 0. The van der Waals surface area contributed by atoms with Crippen molar-refractivity contribution in [1.82, 2.24) is 15.3 Å². The summed E-state index contributed by atoms with van der Waals surface area (Å²) in [4.78, 5) is 30.5. The molecule has 0 aliphatic heterocycles. The average molecular weight is 261 g/mol. The number of aromatic hydroxyl groups is 1. The van der Waals surface area contributed by atoms with Crippen LogP contribution < -0.4 is 5.32 Å². The number of carbonyl (C=O) groups is 2. The molecule has 0 saturated heterocycles. The van der Waals surface area contributed by atoms with Crippen LogP contribution in [0.15, 0.2) is 18.3 Å². The van der Waals surface area contributed by atoms with Crippen LogP contribution in [-0.4, -0.2) is 38.6 Å². The number of aliphatic carboxylic acids is 1. The first-order valence-corrected chi connectivity index (χ1v) is 5.44. The maximum atomic E-state index is 11.9. The molecule has 0 aliphatic carbocycles. The number of carboxylic acids is 1. The zero-order chi connectivity index (χ0) is 14.0. The number of hydrogen-bond donors (Lipinski definition) is 3. The van der Waals surface area contributed by atoms with E-state index in [1.807, 2.05) is 0 Å². The van der Waals surface area contributed by atoms with E-state index in [-0.39, 0.29) is 16.8 Å². The van der Waals surface area contributed by atoms with E-state index in [1.165, 1.54) is 12.3 Å². The molecule has 0 aliphatic rings. The summed E-state index contributed by atoms with van der Waals surface area (Å²) in [5, 5.41) is 20.4. The van der Waals surface area contributed by atoms with Crippen molar-refractivity contribution in [3.05, 3.63) is 29.6 Å². The predicted octanol–water partition coefficient (Wildman–Crippen LogP) is 0.458. The smallest absolute Gasteiger partial charge is 0.322 e. The number of phenolic OH excluding ortho intramolecular Hbond substituents is 1. The summed E-state index contributed by atoms with van der Waals surface area (Å²) in [7, 11) is 0. The lowest BCUT2D eigenvalue weighted by atomic mass is 10.1.